The predicted octanol–water partition coefficient (Wildman–Crippen LogP) is 4.01. The van der Waals surface area contributed by atoms with Crippen LogP contribution in [-0.4, -0.2) is 5.11 Å². The van der Waals surface area contributed by atoms with Crippen molar-refractivity contribution < 1.29 is 18.3 Å². The topological polar surface area (TPSA) is 44.0 Å². The van der Waals surface area contributed by atoms with Gasteiger partial charge in [0.2, 0.25) is 0 Å². The molecule has 0 atom stereocenters. The molecule has 92 valence electrons. The smallest absolute Gasteiger partial charge is 0.420 e. The van der Waals surface area contributed by atoms with E-state index in [0.717, 1.165) is 0 Å². The van der Waals surface area contributed by atoms with E-state index in [4.69, 9.17) is 5.26 Å². The lowest BCUT2D eigenvalue weighted by Crippen LogP contribution is -2.06. The molecule has 2 aromatic rings. The van der Waals surface area contributed by atoms with E-state index in [-0.39, 0.29) is 11.1 Å². The molecule has 0 saturated carbocycles. The van der Waals surface area contributed by atoms with Gasteiger partial charge >= 0.3 is 6.18 Å². The normalized spacial score (nSPS) is 11.2. The summed E-state index contributed by atoms with van der Waals surface area (Å²) in [6, 6.07) is 5.13. The lowest BCUT2D eigenvalue weighted by molar-refractivity contribution is -0.138. The molecule has 0 radical (unpaired) electrons. The third-order valence-electron chi connectivity index (χ3n) is 2.38. The van der Waals surface area contributed by atoms with E-state index in [1.165, 1.54) is 17.4 Å². The first-order valence-electron chi connectivity index (χ1n) is 4.80. The van der Waals surface area contributed by atoms with Crippen molar-refractivity contribution in [1.82, 2.24) is 0 Å². The molecule has 2 rings (SSSR count). The van der Waals surface area contributed by atoms with E-state index in [0.29, 0.717) is 11.6 Å². The Labute approximate surface area is 105 Å². The molecule has 1 N–H and O–H groups in total. The van der Waals surface area contributed by atoms with Crippen molar-refractivity contribution in [1.29, 1.82) is 5.26 Å². The zero-order valence-corrected chi connectivity index (χ0v) is 9.64. The molecule has 0 bridgehead atoms. The van der Waals surface area contributed by atoms with Crippen LogP contribution in [0.4, 0.5) is 13.2 Å². The van der Waals surface area contributed by atoms with Crippen LogP contribution in [0.1, 0.15) is 11.1 Å². The molecular formula is C12H6F3NOS. The van der Waals surface area contributed by atoms with E-state index >= 15 is 0 Å². The van der Waals surface area contributed by atoms with Crippen LogP contribution in [0.5, 0.6) is 5.75 Å². The van der Waals surface area contributed by atoms with Gasteiger partial charge < -0.3 is 5.11 Å². The number of hydrogen-bond acceptors (Lipinski definition) is 3. The fourth-order valence-electron chi connectivity index (χ4n) is 1.55. The number of benzene rings is 1. The number of aromatic hydroxyl groups is 1. The van der Waals surface area contributed by atoms with Gasteiger partial charge in [0.15, 0.2) is 0 Å². The van der Waals surface area contributed by atoms with Crippen molar-refractivity contribution in [3.63, 3.8) is 0 Å². The zero-order valence-electron chi connectivity index (χ0n) is 8.82. The Morgan fingerprint density at radius 2 is 2.00 bits per heavy atom. The van der Waals surface area contributed by atoms with Crippen LogP contribution < -0.4 is 0 Å². The van der Waals surface area contributed by atoms with Crippen molar-refractivity contribution in [3.05, 3.63) is 40.1 Å². The molecule has 0 fully saturated rings. The van der Waals surface area contributed by atoms with E-state index in [1.807, 2.05) is 0 Å². The minimum Gasteiger partial charge on any atom is -0.507 e. The summed E-state index contributed by atoms with van der Waals surface area (Å²) in [4.78, 5) is 0. The summed E-state index contributed by atoms with van der Waals surface area (Å²) in [5.74, 6) is -0.847. The number of hydrogen-bond donors (Lipinski definition) is 1. The van der Waals surface area contributed by atoms with Crippen LogP contribution in [0.15, 0.2) is 29.0 Å². The van der Waals surface area contributed by atoms with Gasteiger partial charge in [0.1, 0.15) is 5.75 Å². The Morgan fingerprint density at radius 1 is 1.28 bits per heavy atom. The molecular weight excluding hydrogens is 263 g/mol. The predicted molar refractivity (Wildman–Crippen MR) is 61.1 cm³/mol. The molecule has 1 aromatic carbocycles. The van der Waals surface area contributed by atoms with Gasteiger partial charge in [-0.2, -0.15) is 29.8 Å². The van der Waals surface area contributed by atoms with Crippen LogP contribution in [-0.2, 0) is 6.18 Å². The van der Waals surface area contributed by atoms with Gasteiger partial charge in [-0.3, -0.25) is 0 Å². The molecule has 1 heterocycles. The molecule has 0 spiro atoms. The van der Waals surface area contributed by atoms with Crippen LogP contribution in [0.2, 0.25) is 0 Å². The summed E-state index contributed by atoms with van der Waals surface area (Å²) in [6.45, 7) is 0. The maximum Gasteiger partial charge on any atom is 0.420 e. The van der Waals surface area contributed by atoms with E-state index in [1.54, 1.807) is 22.9 Å². The monoisotopic (exact) mass is 269 g/mol. The average Bonchev–Trinajstić information content (AvgIpc) is 2.81. The number of halogens is 3. The molecule has 18 heavy (non-hydrogen) atoms. The highest BCUT2D eigenvalue weighted by Gasteiger charge is 2.35. The third kappa shape index (κ3) is 2.17. The largest absolute Gasteiger partial charge is 0.507 e. The Hall–Kier alpha value is -2.00. The van der Waals surface area contributed by atoms with E-state index in [2.05, 4.69) is 0 Å². The lowest BCUT2D eigenvalue weighted by atomic mass is 10.00. The number of phenols is 1. The summed E-state index contributed by atoms with van der Waals surface area (Å²) in [5.41, 5.74) is -0.855. The molecule has 2 nitrogen and oxygen atoms in total. The Bertz CT molecular complexity index is 611. The standard InChI is InChI=1S/C12H6F3NOS/c13-12(14,15)10-4-7(5-16)3-9(11(10)17)8-1-2-18-6-8/h1-4,6,17H. The summed E-state index contributed by atoms with van der Waals surface area (Å²) in [7, 11) is 0. The highest BCUT2D eigenvalue weighted by molar-refractivity contribution is 7.08. The SMILES string of the molecule is N#Cc1cc(-c2ccsc2)c(O)c(C(F)(F)F)c1. The van der Waals surface area contributed by atoms with E-state index in [9.17, 15) is 18.3 Å². The molecule has 6 heteroatoms. The minimum absolute atomic E-state index is 0.0163. The quantitative estimate of drug-likeness (QED) is 0.850. The van der Waals surface area contributed by atoms with Gasteiger partial charge in [-0.15, -0.1) is 0 Å². The first kappa shape index (κ1) is 12.5. The van der Waals surface area contributed by atoms with Crippen LogP contribution in [0, 0.1) is 11.3 Å². The molecule has 0 aliphatic heterocycles. The lowest BCUT2D eigenvalue weighted by Gasteiger charge is -2.12. The van der Waals surface area contributed by atoms with Gasteiger partial charge in [0.05, 0.1) is 17.2 Å². The summed E-state index contributed by atoms with van der Waals surface area (Å²) in [6.07, 6.45) is -4.69. The zero-order chi connectivity index (χ0) is 13.3. The maximum atomic E-state index is 12.7. The summed E-state index contributed by atoms with van der Waals surface area (Å²) >= 11 is 1.29. The molecule has 0 aliphatic carbocycles. The molecule has 0 saturated heterocycles. The Kier molecular flexibility index (Phi) is 3.01. The summed E-state index contributed by atoms with van der Waals surface area (Å²) in [5, 5.41) is 21.7. The van der Waals surface area contributed by atoms with E-state index < -0.39 is 17.5 Å². The van der Waals surface area contributed by atoms with Crippen molar-refractivity contribution >= 4 is 11.3 Å². The number of thiophene rings is 1. The van der Waals surface area contributed by atoms with Crippen LogP contribution in [0.3, 0.4) is 0 Å². The number of rotatable bonds is 1. The molecule has 0 amide bonds. The highest BCUT2D eigenvalue weighted by atomic mass is 32.1. The fourth-order valence-corrected chi connectivity index (χ4v) is 2.21. The van der Waals surface area contributed by atoms with Gasteiger partial charge in [-0.05, 0) is 34.5 Å². The van der Waals surface area contributed by atoms with Crippen LogP contribution in [0.25, 0.3) is 11.1 Å². The highest BCUT2D eigenvalue weighted by Crippen LogP contribution is 2.42. The summed E-state index contributed by atoms with van der Waals surface area (Å²) < 4.78 is 38.2. The van der Waals surface area contributed by atoms with Gasteiger partial charge in [-0.25, -0.2) is 0 Å². The van der Waals surface area contributed by atoms with Gasteiger partial charge in [0.25, 0.3) is 0 Å². The number of alkyl halides is 3. The average molecular weight is 269 g/mol. The fraction of sp³-hybridized carbons (Fsp3) is 0.0833. The maximum absolute atomic E-state index is 12.7. The Balaban J connectivity index is 2.72. The molecule has 0 aliphatic rings. The number of nitrogens with zero attached hydrogens (tertiary/aromatic N) is 1. The number of phenolic OH excluding ortho intramolecular Hbond substituents is 1. The van der Waals surface area contributed by atoms with Crippen LogP contribution >= 0.6 is 11.3 Å². The Morgan fingerprint density at radius 3 is 2.50 bits per heavy atom. The van der Waals surface area contributed by atoms with Crippen molar-refractivity contribution in [2.45, 2.75) is 6.18 Å². The van der Waals surface area contributed by atoms with Gasteiger partial charge in [0, 0.05) is 5.56 Å². The van der Waals surface area contributed by atoms with Gasteiger partial charge in [-0.1, -0.05) is 0 Å². The minimum atomic E-state index is -4.69. The number of nitriles is 1. The first-order valence-corrected chi connectivity index (χ1v) is 5.74. The molecule has 1 aromatic heterocycles. The second-order valence-electron chi connectivity index (χ2n) is 3.54. The second kappa shape index (κ2) is 4.35. The first-order chi connectivity index (χ1) is 8.43. The third-order valence-corrected chi connectivity index (χ3v) is 3.06. The van der Waals surface area contributed by atoms with Crippen molar-refractivity contribution in [2.75, 3.05) is 0 Å². The molecule has 0 unspecified atom stereocenters. The van der Waals surface area contributed by atoms with Crippen molar-refractivity contribution in [2.24, 2.45) is 0 Å². The second-order valence-corrected chi connectivity index (χ2v) is 4.32. The van der Waals surface area contributed by atoms with Crippen molar-refractivity contribution in [3.8, 4) is 22.9 Å².